The lowest BCUT2D eigenvalue weighted by atomic mass is 10.1. The van der Waals surface area contributed by atoms with Gasteiger partial charge in [0.2, 0.25) is 5.91 Å². The minimum Gasteiger partial charge on any atom is -0.339 e. The van der Waals surface area contributed by atoms with Gasteiger partial charge in [0.1, 0.15) is 0 Å². The Bertz CT molecular complexity index is 406. The van der Waals surface area contributed by atoms with E-state index in [2.05, 4.69) is 39.0 Å². The molecule has 0 radical (unpaired) electrons. The van der Waals surface area contributed by atoms with Gasteiger partial charge in [-0.3, -0.25) is 4.79 Å². The number of carbonyl (C=O) groups is 1. The third-order valence-corrected chi connectivity index (χ3v) is 2.88. The number of hydrogen-bond acceptors (Lipinski definition) is 1. The predicted octanol–water partition coefficient (Wildman–Crippen LogP) is 3.59. The molecule has 1 aromatic rings. The maximum Gasteiger partial charge on any atom is 0.219 e. The van der Waals surface area contributed by atoms with Crippen molar-refractivity contribution in [2.45, 2.75) is 27.7 Å². The van der Waals surface area contributed by atoms with E-state index in [1.54, 1.807) is 6.92 Å². The fourth-order valence-electron chi connectivity index (χ4n) is 1.84. The van der Waals surface area contributed by atoms with Gasteiger partial charge in [0.15, 0.2) is 0 Å². The van der Waals surface area contributed by atoms with Gasteiger partial charge in [-0.1, -0.05) is 50.3 Å². The molecule has 0 heterocycles. The summed E-state index contributed by atoms with van der Waals surface area (Å²) in [5.74, 6) is 0.639. The summed E-state index contributed by atoms with van der Waals surface area (Å²) in [5.41, 5.74) is 2.43. The van der Waals surface area contributed by atoms with Crippen LogP contribution in [0.5, 0.6) is 0 Å². The minimum atomic E-state index is 0.140. The van der Waals surface area contributed by atoms with Gasteiger partial charge in [0.25, 0.3) is 0 Å². The first-order valence-corrected chi connectivity index (χ1v) is 6.48. The second-order valence-corrected chi connectivity index (χ2v) is 5.07. The third kappa shape index (κ3) is 4.74. The highest BCUT2D eigenvalue weighted by Crippen LogP contribution is 2.13. The van der Waals surface area contributed by atoms with E-state index in [0.29, 0.717) is 12.5 Å². The molecule has 0 N–H and O–H groups in total. The van der Waals surface area contributed by atoms with Gasteiger partial charge in [-0.15, -0.1) is 0 Å². The van der Waals surface area contributed by atoms with Crippen molar-refractivity contribution in [3.63, 3.8) is 0 Å². The Labute approximate surface area is 110 Å². The van der Waals surface area contributed by atoms with Crippen LogP contribution in [0.2, 0.25) is 0 Å². The Morgan fingerprint density at radius 1 is 1.22 bits per heavy atom. The zero-order chi connectivity index (χ0) is 13.5. The monoisotopic (exact) mass is 245 g/mol. The fraction of sp³-hybridized carbons (Fsp3) is 0.438. The molecule has 0 unspecified atom stereocenters. The zero-order valence-electron chi connectivity index (χ0n) is 11.8. The Hall–Kier alpha value is -1.57. The van der Waals surface area contributed by atoms with Gasteiger partial charge >= 0.3 is 0 Å². The van der Waals surface area contributed by atoms with E-state index < -0.39 is 0 Å². The summed E-state index contributed by atoms with van der Waals surface area (Å²) >= 11 is 0. The molecule has 0 aliphatic carbocycles. The minimum absolute atomic E-state index is 0.140. The lowest BCUT2D eigenvalue weighted by Crippen LogP contribution is -2.32. The second kappa shape index (κ2) is 7.00. The topological polar surface area (TPSA) is 20.3 Å². The molecule has 2 nitrogen and oxygen atoms in total. The standard InChI is InChI=1S/C16H23NO/c1-13(2)12-17(15(4)18)11-10-14(3)16-8-6-5-7-9-16/h5-10,13H,11-12H2,1-4H3/b14-10+. The summed E-state index contributed by atoms with van der Waals surface area (Å²) in [7, 11) is 0. The van der Waals surface area contributed by atoms with Gasteiger partial charge < -0.3 is 4.90 Å². The van der Waals surface area contributed by atoms with Crippen LogP contribution in [0.15, 0.2) is 36.4 Å². The van der Waals surface area contributed by atoms with E-state index in [-0.39, 0.29) is 5.91 Å². The molecule has 2 heteroatoms. The number of benzene rings is 1. The highest BCUT2D eigenvalue weighted by Gasteiger charge is 2.08. The molecule has 0 aromatic heterocycles. The molecule has 0 aliphatic rings. The summed E-state index contributed by atoms with van der Waals surface area (Å²) < 4.78 is 0. The van der Waals surface area contributed by atoms with Crippen LogP contribution in [0.3, 0.4) is 0 Å². The van der Waals surface area contributed by atoms with Crippen molar-refractivity contribution in [3.8, 4) is 0 Å². The molecule has 0 aliphatic heterocycles. The Morgan fingerprint density at radius 3 is 2.33 bits per heavy atom. The van der Waals surface area contributed by atoms with Gasteiger partial charge in [-0.2, -0.15) is 0 Å². The SMILES string of the molecule is CC(=O)N(C/C=C(\C)c1ccccc1)CC(C)C. The molecule has 1 rings (SSSR count). The van der Waals surface area contributed by atoms with Crippen molar-refractivity contribution >= 4 is 11.5 Å². The highest BCUT2D eigenvalue weighted by atomic mass is 16.2. The number of nitrogens with zero attached hydrogens (tertiary/aromatic N) is 1. The van der Waals surface area contributed by atoms with Crippen LogP contribution >= 0.6 is 0 Å². The molecular weight excluding hydrogens is 222 g/mol. The molecule has 0 atom stereocenters. The van der Waals surface area contributed by atoms with Crippen molar-refractivity contribution in [1.29, 1.82) is 0 Å². The predicted molar refractivity (Wildman–Crippen MR) is 77.2 cm³/mol. The third-order valence-electron chi connectivity index (χ3n) is 2.88. The van der Waals surface area contributed by atoms with Gasteiger partial charge in [0.05, 0.1) is 0 Å². The Morgan fingerprint density at radius 2 is 1.83 bits per heavy atom. The Kier molecular flexibility index (Phi) is 5.63. The average Bonchev–Trinajstić information content (AvgIpc) is 2.34. The number of allylic oxidation sites excluding steroid dienone is 1. The quantitative estimate of drug-likeness (QED) is 0.776. The lowest BCUT2D eigenvalue weighted by molar-refractivity contribution is -0.128. The Balaban J connectivity index is 2.68. The number of amides is 1. The molecular formula is C16H23NO. The van der Waals surface area contributed by atoms with Crippen molar-refractivity contribution in [2.75, 3.05) is 13.1 Å². The zero-order valence-corrected chi connectivity index (χ0v) is 11.8. The first-order chi connectivity index (χ1) is 8.50. The van der Waals surface area contributed by atoms with Crippen LogP contribution < -0.4 is 0 Å². The molecule has 0 saturated heterocycles. The summed E-state index contributed by atoms with van der Waals surface area (Å²) in [6.07, 6.45) is 2.12. The van der Waals surface area contributed by atoms with Crippen molar-refractivity contribution < 1.29 is 4.79 Å². The number of carbonyl (C=O) groups excluding carboxylic acids is 1. The average molecular weight is 245 g/mol. The normalized spacial score (nSPS) is 11.7. The van der Waals surface area contributed by atoms with E-state index in [0.717, 1.165) is 6.54 Å². The summed E-state index contributed by atoms with van der Waals surface area (Å²) in [5, 5.41) is 0. The van der Waals surface area contributed by atoms with E-state index in [9.17, 15) is 4.79 Å². The number of rotatable bonds is 5. The maximum atomic E-state index is 11.5. The molecule has 98 valence electrons. The fourth-order valence-corrected chi connectivity index (χ4v) is 1.84. The lowest BCUT2D eigenvalue weighted by Gasteiger charge is -2.21. The van der Waals surface area contributed by atoms with E-state index in [4.69, 9.17) is 0 Å². The van der Waals surface area contributed by atoms with Crippen LogP contribution in [0.1, 0.15) is 33.3 Å². The molecule has 1 aromatic carbocycles. The van der Waals surface area contributed by atoms with Crippen LogP contribution in [-0.2, 0) is 4.79 Å². The van der Waals surface area contributed by atoms with Gasteiger partial charge in [-0.05, 0) is 24.0 Å². The highest BCUT2D eigenvalue weighted by molar-refractivity contribution is 5.74. The molecule has 18 heavy (non-hydrogen) atoms. The second-order valence-electron chi connectivity index (χ2n) is 5.07. The molecule has 0 saturated carbocycles. The summed E-state index contributed by atoms with van der Waals surface area (Å²) in [6.45, 7) is 9.48. The van der Waals surface area contributed by atoms with Crippen LogP contribution in [0, 0.1) is 5.92 Å². The van der Waals surface area contributed by atoms with Crippen molar-refractivity contribution in [1.82, 2.24) is 4.90 Å². The molecule has 0 bridgehead atoms. The summed E-state index contributed by atoms with van der Waals surface area (Å²) in [4.78, 5) is 13.4. The van der Waals surface area contributed by atoms with Crippen LogP contribution in [-0.4, -0.2) is 23.9 Å². The van der Waals surface area contributed by atoms with E-state index in [1.807, 2.05) is 23.1 Å². The first kappa shape index (κ1) is 14.5. The van der Waals surface area contributed by atoms with Crippen molar-refractivity contribution in [3.05, 3.63) is 42.0 Å². The smallest absolute Gasteiger partial charge is 0.219 e. The first-order valence-electron chi connectivity index (χ1n) is 6.48. The van der Waals surface area contributed by atoms with E-state index >= 15 is 0 Å². The van der Waals surface area contributed by atoms with E-state index in [1.165, 1.54) is 11.1 Å². The van der Waals surface area contributed by atoms with Gasteiger partial charge in [0, 0.05) is 20.0 Å². The number of hydrogen-bond donors (Lipinski definition) is 0. The molecule has 0 fully saturated rings. The molecule has 1 amide bonds. The van der Waals surface area contributed by atoms with Crippen molar-refractivity contribution in [2.24, 2.45) is 5.92 Å². The largest absolute Gasteiger partial charge is 0.339 e. The molecule has 0 spiro atoms. The van der Waals surface area contributed by atoms with Gasteiger partial charge in [-0.25, -0.2) is 0 Å². The van der Waals surface area contributed by atoms with Crippen LogP contribution in [0.25, 0.3) is 5.57 Å². The maximum absolute atomic E-state index is 11.5. The summed E-state index contributed by atoms with van der Waals surface area (Å²) in [6, 6.07) is 10.3. The van der Waals surface area contributed by atoms with Crippen LogP contribution in [0.4, 0.5) is 0 Å².